The first kappa shape index (κ1) is 10.1. The first-order chi connectivity index (χ1) is 6.56. The third-order valence-corrected chi connectivity index (χ3v) is 1.74. The number of ether oxygens (including phenoxy) is 1. The predicted octanol–water partition coefficient (Wildman–Crippen LogP) is 1.50. The Morgan fingerprint density at radius 1 is 1.50 bits per heavy atom. The molecule has 0 aliphatic carbocycles. The molecule has 0 aliphatic heterocycles. The first-order valence-corrected chi connectivity index (χ1v) is 3.92. The molecule has 0 saturated carbocycles. The van der Waals surface area contributed by atoms with Crippen molar-refractivity contribution in [2.24, 2.45) is 0 Å². The fourth-order valence-electron chi connectivity index (χ4n) is 0.928. The van der Waals surface area contributed by atoms with Gasteiger partial charge in [0.1, 0.15) is 5.75 Å². The van der Waals surface area contributed by atoms with Crippen molar-refractivity contribution in [1.82, 2.24) is 0 Å². The Labute approximate surface area is 81.1 Å². The van der Waals surface area contributed by atoms with Crippen molar-refractivity contribution in [3.05, 3.63) is 30.4 Å². The number of phenols is 2. The lowest BCUT2D eigenvalue weighted by Crippen LogP contribution is -2.04. The highest BCUT2D eigenvalue weighted by Crippen LogP contribution is 2.34. The molecule has 4 heteroatoms. The monoisotopic (exact) mass is 194 g/mol. The van der Waals surface area contributed by atoms with E-state index in [0.29, 0.717) is 5.56 Å². The second-order valence-electron chi connectivity index (χ2n) is 2.68. The second-order valence-corrected chi connectivity index (χ2v) is 2.68. The molecule has 1 rings (SSSR count). The number of benzene rings is 1. The van der Waals surface area contributed by atoms with Gasteiger partial charge in [-0.15, -0.1) is 0 Å². The van der Waals surface area contributed by atoms with E-state index in [0.717, 1.165) is 6.08 Å². The van der Waals surface area contributed by atoms with Gasteiger partial charge in [0.25, 0.3) is 0 Å². The van der Waals surface area contributed by atoms with Crippen LogP contribution in [0.1, 0.15) is 5.56 Å². The summed E-state index contributed by atoms with van der Waals surface area (Å²) in [5.74, 6) is -0.955. The summed E-state index contributed by atoms with van der Waals surface area (Å²) in [6, 6.07) is 2.64. The van der Waals surface area contributed by atoms with Crippen LogP contribution in [0, 0.1) is 6.92 Å². The molecule has 0 unspecified atom stereocenters. The van der Waals surface area contributed by atoms with Crippen molar-refractivity contribution in [3.63, 3.8) is 0 Å². The van der Waals surface area contributed by atoms with Crippen molar-refractivity contribution in [1.29, 1.82) is 0 Å². The van der Waals surface area contributed by atoms with Gasteiger partial charge in [0.2, 0.25) is 0 Å². The SMILES string of the molecule is C=CC(=O)Oc1ccc(O)c(O)c1C. The molecule has 14 heavy (non-hydrogen) atoms. The molecular weight excluding hydrogens is 184 g/mol. The number of carbonyl (C=O) groups is 1. The third kappa shape index (κ3) is 1.85. The van der Waals surface area contributed by atoms with Crippen molar-refractivity contribution in [2.45, 2.75) is 6.92 Å². The zero-order chi connectivity index (χ0) is 10.7. The zero-order valence-electron chi connectivity index (χ0n) is 7.65. The smallest absolute Gasteiger partial charge is 0.335 e. The molecule has 0 amide bonds. The molecule has 0 fully saturated rings. The molecule has 4 nitrogen and oxygen atoms in total. The molecule has 0 aromatic heterocycles. The molecule has 0 bridgehead atoms. The van der Waals surface area contributed by atoms with Gasteiger partial charge in [-0.3, -0.25) is 0 Å². The lowest BCUT2D eigenvalue weighted by atomic mass is 10.2. The lowest BCUT2D eigenvalue weighted by Gasteiger charge is -2.07. The number of hydrogen-bond acceptors (Lipinski definition) is 4. The average molecular weight is 194 g/mol. The van der Waals surface area contributed by atoms with Gasteiger partial charge in [0.15, 0.2) is 11.5 Å². The van der Waals surface area contributed by atoms with Crippen molar-refractivity contribution in [2.75, 3.05) is 0 Å². The van der Waals surface area contributed by atoms with E-state index in [-0.39, 0.29) is 17.2 Å². The molecule has 0 radical (unpaired) electrons. The number of aromatic hydroxyl groups is 2. The summed E-state index contributed by atoms with van der Waals surface area (Å²) in [4.78, 5) is 10.8. The van der Waals surface area contributed by atoms with Gasteiger partial charge in [-0.05, 0) is 19.1 Å². The Balaban J connectivity index is 3.05. The van der Waals surface area contributed by atoms with Crippen LogP contribution in [0.25, 0.3) is 0 Å². The lowest BCUT2D eigenvalue weighted by molar-refractivity contribution is -0.129. The second kappa shape index (κ2) is 3.83. The Morgan fingerprint density at radius 2 is 2.14 bits per heavy atom. The van der Waals surface area contributed by atoms with E-state index in [2.05, 4.69) is 6.58 Å². The van der Waals surface area contributed by atoms with E-state index in [1.165, 1.54) is 19.1 Å². The van der Waals surface area contributed by atoms with Crippen LogP contribution in [0.4, 0.5) is 0 Å². The summed E-state index contributed by atoms with van der Waals surface area (Å²) in [5.41, 5.74) is 0.306. The largest absolute Gasteiger partial charge is 0.504 e. The quantitative estimate of drug-likeness (QED) is 0.324. The van der Waals surface area contributed by atoms with Gasteiger partial charge >= 0.3 is 5.97 Å². The molecule has 0 spiro atoms. The number of carbonyl (C=O) groups excluding carboxylic acids is 1. The highest BCUT2D eigenvalue weighted by Gasteiger charge is 2.10. The average Bonchev–Trinajstić information content (AvgIpc) is 2.19. The van der Waals surface area contributed by atoms with Crippen LogP contribution in [0.3, 0.4) is 0 Å². The Kier molecular flexibility index (Phi) is 2.76. The molecule has 0 atom stereocenters. The standard InChI is InChI=1S/C10H10O4/c1-3-9(12)14-8-5-4-7(11)10(13)6(8)2/h3-5,11,13H,1H2,2H3. The van der Waals surface area contributed by atoms with E-state index in [9.17, 15) is 9.90 Å². The van der Waals surface area contributed by atoms with Gasteiger partial charge < -0.3 is 14.9 Å². The van der Waals surface area contributed by atoms with E-state index in [1.54, 1.807) is 0 Å². The van der Waals surface area contributed by atoms with Gasteiger partial charge in [-0.2, -0.15) is 0 Å². The summed E-state index contributed by atoms with van der Waals surface area (Å²) >= 11 is 0. The van der Waals surface area contributed by atoms with Crippen molar-refractivity contribution < 1.29 is 19.7 Å². The fraction of sp³-hybridized carbons (Fsp3) is 0.100. The summed E-state index contributed by atoms with van der Waals surface area (Å²) in [5, 5.41) is 18.4. The summed E-state index contributed by atoms with van der Waals surface area (Å²) in [7, 11) is 0. The van der Waals surface area contributed by atoms with Gasteiger partial charge in [0, 0.05) is 11.6 Å². The number of phenolic OH excluding ortho intramolecular Hbond substituents is 2. The molecule has 2 N–H and O–H groups in total. The highest BCUT2D eigenvalue weighted by atomic mass is 16.5. The van der Waals surface area contributed by atoms with E-state index >= 15 is 0 Å². The highest BCUT2D eigenvalue weighted by molar-refractivity contribution is 5.83. The maximum atomic E-state index is 10.8. The van der Waals surface area contributed by atoms with Gasteiger partial charge in [-0.25, -0.2) is 4.79 Å². The van der Waals surface area contributed by atoms with Crippen molar-refractivity contribution in [3.8, 4) is 17.2 Å². The predicted molar refractivity (Wildman–Crippen MR) is 50.3 cm³/mol. The van der Waals surface area contributed by atoms with Gasteiger partial charge in [-0.1, -0.05) is 6.58 Å². The fourth-order valence-corrected chi connectivity index (χ4v) is 0.928. The Morgan fingerprint density at radius 3 is 2.71 bits per heavy atom. The third-order valence-electron chi connectivity index (χ3n) is 1.74. The Hall–Kier alpha value is -1.97. The van der Waals surface area contributed by atoms with Crippen LogP contribution in [-0.2, 0) is 4.79 Å². The minimum Gasteiger partial charge on any atom is -0.504 e. The number of esters is 1. The van der Waals surface area contributed by atoms with E-state index < -0.39 is 5.97 Å². The minimum atomic E-state index is -0.613. The minimum absolute atomic E-state index is 0.199. The molecule has 0 heterocycles. The molecule has 0 aliphatic rings. The number of hydrogen-bond donors (Lipinski definition) is 2. The Bertz CT molecular complexity index is 382. The molecule has 0 saturated heterocycles. The normalized spacial score (nSPS) is 9.50. The van der Waals surface area contributed by atoms with Crippen LogP contribution >= 0.6 is 0 Å². The van der Waals surface area contributed by atoms with Crippen LogP contribution in [-0.4, -0.2) is 16.2 Å². The van der Waals surface area contributed by atoms with Crippen LogP contribution in [0.15, 0.2) is 24.8 Å². The van der Waals surface area contributed by atoms with E-state index in [4.69, 9.17) is 9.84 Å². The first-order valence-electron chi connectivity index (χ1n) is 3.92. The molecule has 1 aromatic rings. The molecule has 1 aromatic carbocycles. The topological polar surface area (TPSA) is 66.8 Å². The summed E-state index contributed by atoms with van der Waals surface area (Å²) in [6.45, 7) is 4.77. The van der Waals surface area contributed by atoms with E-state index in [1.807, 2.05) is 0 Å². The molecular formula is C10H10O4. The maximum absolute atomic E-state index is 10.8. The zero-order valence-corrected chi connectivity index (χ0v) is 7.65. The summed E-state index contributed by atoms with van der Waals surface area (Å²) < 4.78 is 4.80. The molecule has 74 valence electrons. The van der Waals surface area contributed by atoms with Crippen LogP contribution in [0.2, 0.25) is 0 Å². The van der Waals surface area contributed by atoms with Crippen LogP contribution in [0.5, 0.6) is 17.2 Å². The maximum Gasteiger partial charge on any atom is 0.335 e. The van der Waals surface area contributed by atoms with Crippen LogP contribution < -0.4 is 4.74 Å². The summed E-state index contributed by atoms with van der Waals surface area (Å²) in [6.07, 6.45) is 1.02. The number of rotatable bonds is 2. The van der Waals surface area contributed by atoms with Gasteiger partial charge in [0.05, 0.1) is 0 Å². The van der Waals surface area contributed by atoms with Crippen molar-refractivity contribution >= 4 is 5.97 Å².